The zero-order valence-corrected chi connectivity index (χ0v) is 17.9. The van der Waals surface area contributed by atoms with E-state index in [0.717, 1.165) is 0 Å². The number of H-pyrrole nitrogens is 1. The number of ether oxygens (including phenoxy) is 1. The molecule has 0 atom stereocenters. The van der Waals surface area contributed by atoms with Crippen LogP contribution < -0.4 is 15.6 Å². The summed E-state index contributed by atoms with van der Waals surface area (Å²) in [5.74, 6) is 1.22. The second-order valence-corrected chi connectivity index (χ2v) is 7.41. The maximum Gasteiger partial charge on any atom is 0.255 e. The number of carbonyl (C=O) groups is 1. The van der Waals surface area contributed by atoms with Crippen molar-refractivity contribution in [2.24, 2.45) is 0 Å². The second-order valence-electron chi connectivity index (χ2n) is 7.00. The monoisotopic (exact) mass is 446 g/mol. The molecule has 32 heavy (non-hydrogen) atoms. The molecule has 160 valence electrons. The molecule has 0 saturated heterocycles. The molecule has 1 amide bonds. The van der Waals surface area contributed by atoms with Crippen LogP contribution >= 0.6 is 11.6 Å². The lowest BCUT2D eigenvalue weighted by atomic mass is 10.1. The summed E-state index contributed by atoms with van der Waals surface area (Å²) in [7, 11) is 0. The van der Waals surface area contributed by atoms with Crippen LogP contribution in [0.25, 0.3) is 11.4 Å². The molecule has 2 aromatic carbocycles. The topological polar surface area (TPSA) is 97.0 Å². The van der Waals surface area contributed by atoms with Gasteiger partial charge in [-0.15, -0.1) is 0 Å². The number of pyridine rings is 1. The van der Waals surface area contributed by atoms with Gasteiger partial charge in [-0.05, 0) is 55.5 Å². The van der Waals surface area contributed by atoms with Gasteiger partial charge >= 0.3 is 0 Å². The maximum atomic E-state index is 12.5. The van der Waals surface area contributed by atoms with E-state index in [9.17, 15) is 9.59 Å². The van der Waals surface area contributed by atoms with Crippen molar-refractivity contribution in [3.05, 3.63) is 99.7 Å². The van der Waals surface area contributed by atoms with Crippen molar-refractivity contribution in [2.75, 3.05) is 5.32 Å². The van der Waals surface area contributed by atoms with Crippen LogP contribution in [0.5, 0.6) is 11.5 Å². The molecule has 0 aliphatic rings. The predicted molar refractivity (Wildman–Crippen MR) is 123 cm³/mol. The van der Waals surface area contributed by atoms with Gasteiger partial charge in [-0.25, -0.2) is 4.98 Å². The number of hydrogen-bond acceptors (Lipinski definition) is 5. The Morgan fingerprint density at radius 2 is 1.88 bits per heavy atom. The molecule has 2 heterocycles. The summed E-state index contributed by atoms with van der Waals surface area (Å²) in [5.41, 5.74) is 1.73. The third-order valence-corrected chi connectivity index (χ3v) is 5.01. The lowest BCUT2D eigenvalue weighted by Crippen LogP contribution is -2.23. The van der Waals surface area contributed by atoms with Crippen LogP contribution in [0.1, 0.15) is 11.3 Å². The van der Waals surface area contributed by atoms with E-state index >= 15 is 0 Å². The number of carbonyl (C=O) groups excluding carboxylic acids is 1. The van der Waals surface area contributed by atoms with Gasteiger partial charge in [0, 0.05) is 34.9 Å². The molecular formula is C24H19ClN4O3. The molecule has 0 aliphatic carbocycles. The van der Waals surface area contributed by atoms with E-state index in [4.69, 9.17) is 16.3 Å². The number of amides is 1. The first-order valence-corrected chi connectivity index (χ1v) is 10.2. The van der Waals surface area contributed by atoms with Crippen molar-refractivity contribution < 1.29 is 9.53 Å². The molecule has 0 fully saturated rings. The summed E-state index contributed by atoms with van der Waals surface area (Å²) in [6, 6.07) is 17.6. The number of hydrogen-bond donors (Lipinski definition) is 2. The van der Waals surface area contributed by atoms with E-state index in [1.807, 2.05) is 12.1 Å². The molecule has 7 nitrogen and oxygen atoms in total. The van der Waals surface area contributed by atoms with Crippen LogP contribution in [0.2, 0.25) is 5.02 Å². The van der Waals surface area contributed by atoms with Gasteiger partial charge in [0.2, 0.25) is 5.91 Å². The van der Waals surface area contributed by atoms with Crippen LogP contribution in [0.15, 0.2) is 77.9 Å². The molecule has 2 N–H and O–H groups in total. The fraction of sp³-hybridized carbons (Fsp3) is 0.0833. The molecule has 8 heteroatoms. The summed E-state index contributed by atoms with van der Waals surface area (Å²) >= 11 is 6.10. The molecule has 2 aromatic heterocycles. The number of aromatic amines is 1. The van der Waals surface area contributed by atoms with Crippen molar-refractivity contribution in [3.63, 3.8) is 0 Å². The third-order valence-electron chi connectivity index (χ3n) is 4.70. The molecule has 0 aliphatic heterocycles. The fourth-order valence-corrected chi connectivity index (χ4v) is 3.26. The van der Waals surface area contributed by atoms with Crippen LogP contribution in [0.3, 0.4) is 0 Å². The van der Waals surface area contributed by atoms with Crippen LogP contribution in [0.4, 0.5) is 5.69 Å². The SMILES string of the molecule is Cc1nc(-c2cccnc2)[nH]c(=O)c1CC(=O)Nc1ccc(Oc2ccccc2Cl)cc1. The zero-order chi connectivity index (χ0) is 22.5. The number of aryl methyl sites for hydroxylation is 1. The molecule has 4 rings (SSSR count). The predicted octanol–water partition coefficient (Wildman–Crippen LogP) is 4.77. The highest BCUT2D eigenvalue weighted by Gasteiger charge is 2.14. The van der Waals surface area contributed by atoms with Crippen molar-refractivity contribution in [2.45, 2.75) is 13.3 Å². The molecule has 0 spiro atoms. The lowest BCUT2D eigenvalue weighted by Gasteiger charge is -2.10. The van der Waals surface area contributed by atoms with Gasteiger partial charge in [-0.1, -0.05) is 23.7 Å². The summed E-state index contributed by atoms with van der Waals surface area (Å²) in [5, 5.41) is 3.29. The van der Waals surface area contributed by atoms with E-state index in [2.05, 4.69) is 20.3 Å². The Morgan fingerprint density at radius 1 is 1.09 bits per heavy atom. The van der Waals surface area contributed by atoms with Gasteiger partial charge in [-0.3, -0.25) is 14.6 Å². The van der Waals surface area contributed by atoms with Crippen molar-refractivity contribution >= 4 is 23.2 Å². The van der Waals surface area contributed by atoms with Gasteiger partial charge in [0.15, 0.2) is 0 Å². The zero-order valence-electron chi connectivity index (χ0n) is 17.1. The average molecular weight is 447 g/mol. The maximum absolute atomic E-state index is 12.5. The smallest absolute Gasteiger partial charge is 0.255 e. The fourth-order valence-electron chi connectivity index (χ4n) is 3.08. The second kappa shape index (κ2) is 9.45. The van der Waals surface area contributed by atoms with E-state index < -0.39 is 0 Å². The van der Waals surface area contributed by atoms with Crippen LogP contribution in [-0.4, -0.2) is 20.9 Å². The first kappa shape index (κ1) is 21.3. The van der Waals surface area contributed by atoms with E-state index in [-0.39, 0.29) is 17.9 Å². The lowest BCUT2D eigenvalue weighted by molar-refractivity contribution is -0.115. The van der Waals surface area contributed by atoms with Gasteiger partial charge in [0.25, 0.3) is 5.56 Å². The Labute approximate surface area is 189 Å². The van der Waals surface area contributed by atoms with Crippen molar-refractivity contribution in [1.29, 1.82) is 0 Å². The quantitative estimate of drug-likeness (QED) is 0.444. The van der Waals surface area contributed by atoms with Crippen LogP contribution in [0, 0.1) is 6.92 Å². The Hall–Kier alpha value is -3.97. The highest BCUT2D eigenvalue weighted by Crippen LogP contribution is 2.29. The van der Waals surface area contributed by atoms with E-state index in [1.165, 1.54) is 0 Å². The Balaban J connectivity index is 1.42. The molecule has 0 saturated carbocycles. The number of nitrogens with one attached hydrogen (secondary N) is 2. The highest BCUT2D eigenvalue weighted by molar-refractivity contribution is 6.32. The molecule has 4 aromatic rings. The van der Waals surface area contributed by atoms with Crippen molar-refractivity contribution in [3.8, 4) is 22.9 Å². The molecule has 0 radical (unpaired) electrons. The Morgan fingerprint density at radius 3 is 2.56 bits per heavy atom. The van der Waals surface area contributed by atoms with Gasteiger partial charge < -0.3 is 15.0 Å². The Bertz CT molecular complexity index is 1310. The first-order chi connectivity index (χ1) is 15.5. The largest absolute Gasteiger partial charge is 0.456 e. The number of anilines is 1. The highest BCUT2D eigenvalue weighted by atomic mass is 35.5. The normalized spacial score (nSPS) is 10.6. The minimum Gasteiger partial charge on any atom is -0.456 e. The third kappa shape index (κ3) is 5.01. The minimum absolute atomic E-state index is 0.0979. The standard InChI is InChI=1S/C24H19ClN4O3/c1-15-19(24(31)29-23(27-15)16-5-4-12-26-14-16)13-22(30)28-17-8-10-18(11-9-17)32-21-7-3-2-6-20(21)25/h2-12,14H,13H2,1H3,(H,28,30)(H,27,29,31). The van der Waals surface area contributed by atoms with Crippen LogP contribution in [-0.2, 0) is 11.2 Å². The molecule has 0 bridgehead atoms. The average Bonchev–Trinajstić information content (AvgIpc) is 2.79. The van der Waals surface area contributed by atoms with E-state index in [0.29, 0.717) is 44.9 Å². The van der Waals surface area contributed by atoms with Gasteiger partial charge in [-0.2, -0.15) is 0 Å². The summed E-state index contributed by atoms with van der Waals surface area (Å²) in [6.45, 7) is 1.71. The number of halogens is 1. The number of nitrogens with zero attached hydrogens (tertiary/aromatic N) is 2. The van der Waals surface area contributed by atoms with Gasteiger partial charge in [0.05, 0.1) is 11.4 Å². The number of rotatable bonds is 6. The van der Waals surface area contributed by atoms with E-state index in [1.54, 1.807) is 67.8 Å². The number of para-hydroxylation sites is 1. The Kier molecular flexibility index (Phi) is 6.28. The molecule has 0 unspecified atom stereocenters. The summed E-state index contributed by atoms with van der Waals surface area (Å²) in [6.07, 6.45) is 3.16. The number of benzene rings is 2. The molecular weight excluding hydrogens is 428 g/mol. The minimum atomic E-state index is -0.352. The first-order valence-electron chi connectivity index (χ1n) is 9.82. The summed E-state index contributed by atoms with van der Waals surface area (Å²) in [4.78, 5) is 36.2. The summed E-state index contributed by atoms with van der Waals surface area (Å²) < 4.78 is 5.74. The van der Waals surface area contributed by atoms with Gasteiger partial charge in [0.1, 0.15) is 17.3 Å². The van der Waals surface area contributed by atoms with Crippen molar-refractivity contribution in [1.82, 2.24) is 15.0 Å². The number of aromatic nitrogens is 3.